The van der Waals surface area contributed by atoms with Crippen LogP contribution in [0.5, 0.6) is 5.75 Å². The van der Waals surface area contributed by atoms with E-state index >= 15 is 0 Å². The molecule has 10 nitrogen and oxygen atoms in total. The zero-order valence-corrected chi connectivity index (χ0v) is 25.7. The highest BCUT2D eigenvalue weighted by atomic mass is 32.1. The molecule has 1 aromatic carbocycles. The van der Waals surface area contributed by atoms with Crippen molar-refractivity contribution >= 4 is 30.9 Å². The maximum Gasteiger partial charge on any atom is 0.278 e. The van der Waals surface area contributed by atoms with Crippen LogP contribution in [-0.4, -0.2) is 75.2 Å². The first-order chi connectivity index (χ1) is 20.0. The topological polar surface area (TPSA) is 110 Å². The molecule has 1 aliphatic heterocycles. The van der Waals surface area contributed by atoms with Crippen LogP contribution in [0, 0.1) is 11.6 Å². The molecule has 1 spiro atoms. The summed E-state index contributed by atoms with van der Waals surface area (Å²) in [7, 11) is -0.651. The summed E-state index contributed by atoms with van der Waals surface area (Å²) in [5.41, 5.74) is -1.40. The standard InChI is InChI=1S/C28H34F2N5O5PS/c1-6-34-27(38)23-25(37)24(36)20(26-32-31-22(42-26)13-17-9-10-18(29)14-21(17)30)16-35(23)33(4)28(34)12-11-19(15-28)41(5,39-7-2)40-8-3/h9-10,14,16,19,37H,5-8,11-13,15H2,1-4H3. The molecular weight excluding hydrogens is 587 g/mol. The summed E-state index contributed by atoms with van der Waals surface area (Å²) in [5, 5.41) is 21.8. The number of aromatic nitrogens is 3. The van der Waals surface area contributed by atoms with Gasteiger partial charge in [0.2, 0.25) is 5.43 Å². The normalized spacial score (nSPS) is 20.5. The second-order valence-electron chi connectivity index (χ2n) is 10.3. The fourth-order valence-electron chi connectivity index (χ4n) is 6.11. The maximum atomic E-state index is 14.2. The Morgan fingerprint density at radius 3 is 2.55 bits per heavy atom. The summed E-state index contributed by atoms with van der Waals surface area (Å²) in [6.45, 7) is 6.97. The molecule has 0 saturated heterocycles. The number of rotatable bonds is 9. The van der Waals surface area contributed by atoms with E-state index in [0.29, 0.717) is 37.6 Å². The van der Waals surface area contributed by atoms with Crippen LogP contribution >= 0.6 is 18.7 Å². The van der Waals surface area contributed by atoms with Gasteiger partial charge in [-0.25, -0.2) is 8.78 Å². The number of carbonyl (C=O) groups is 1. The highest BCUT2D eigenvalue weighted by molar-refractivity contribution is 7.65. The number of hydrogen-bond acceptors (Lipinski definition) is 9. The lowest BCUT2D eigenvalue weighted by atomic mass is 10.0. The number of fused-ring (bicyclic) bond motifs is 1. The quantitative estimate of drug-likeness (QED) is 0.346. The minimum Gasteiger partial charge on any atom is -0.502 e. The van der Waals surface area contributed by atoms with Crippen LogP contribution in [-0.2, 0) is 15.5 Å². The maximum absolute atomic E-state index is 14.2. The third kappa shape index (κ3) is 4.96. The number of halogens is 2. The molecule has 1 amide bonds. The smallest absolute Gasteiger partial charge is 0.278 e. The molecule has 226 valence electrons. The Hall–Kier alpha value is -3.12. The Morgan fingerprint density at radius 1 is 1.19 bits per heavy atom. The first-order valence-electron chi connectivity index (χ1n) is 13.8. The molecule has 2 unspecified atom stereocenters. The van der Waals surface area contributed by atoms with Crippen LogP contribution in [0.1, 0.15) is 61.1 Å². The van der Waals surface area contributed by atoms with Crippen LogP contribution < -0.4 is 10.4 Å². The lowest BCUT2D eigenvalue weighted by Gasteiger charge is -2.53. The molecule has 14 heteroatoms. The van der Waals surface area contributed by atoms with E-state index in [4.69, 9.17) is 9.05 Å². The Kier molecular flexibility index (Phi) is 8.32. The molecule has 2 aliphatic rings. The average molecular weight is 622 g/mol. The van der Waals surface area contributed by atoms with Crippen molar-refractivity contribution in [3.05, 3.63) is 62.5 Å². The summed E-state index contributed by atoms with van der Waals surface area (Å²) in [4.78, 5) is 28.9. The van der Waals surface area contributed by atoms with Gasteiger partial charge in [0.05, 0.1) is 18.8 Å². The monoisotopic (exact) mass is 621 g/mol. The molecule has 42 heavy (non-hydrogen) atoms. The van der Waals surface area contributed by atoms with E-state index in [2.05, 4.69) is 16.5 Å². The van der Waals surface area contributed by atoms with Crippen molar-refractivity contribution in [3.8, 4) is 16.3 Å². The van der Waals surface area contributed by atoms with Gasteiger partial charge in [0.15, 0.2) is 16.5 Å². The van der Waals surface area contributed by atoms with E-state index in [1.807, 2.05) is 32.8 Å². The third-order valence-electron chi connectivity index (χ3n) is 8.10. The fraction of sp³-hybridized carbons (Fsp3) is 0.464. The van der Waals surface area contributed by atoms with Gasteiger partial charge in [0.1, 0.15) is 29.6 Å². The van der Waals surface area contributed by atoms with Crippen LogP contribution in [0.4, 0.5) is 8.78 Å². The second-order valence-corrected chi connectivity index (χ2v) is 14.1. The van der Waals surface area contributed by atoms with Crippen molar-refractivity contribution in [2.24, 2.45) is 0 Å². The van der Waals surface area contributed by atoms with E-state index in [1.165, 1.54) is 16.9 Å². The summed E-state index contributed by atoms with van der Waals surface area (Å²) >= 11 is 1.05. The predicted molar refractivity (Wildman–Crippen MR) is 159 cm³/mol. The molecule has 1 aliphatic carbocycles. The minimum absolute atomic E-state index is 0.0201. The van der Waals surface area contributed by atoms with Crippen LogP contribution in [0.15, 0.2) is 29.2 Å². The van der Waals surface area contributed by atoms with Gasteiger partial charge < -0.3 is 19.1 Å². The van der Waals surface area contributed by atoms with Crippen molar-refractivity contribution in [1.29, 1.82) is 0 Å². The first-order valence-corrected chi connectivity index (χ1v) is 16.5. The van der Waals surface area contributed by atoms with Crippen LogP contribution in [0.25, 0.3) is 10.6 Å². The largest absolute Gasteiger partial charge is 0.502 e. The zero-order valence-electron chi connectivity index (χ0n) is 24.0. The predicted octanol–water partition coefficient (Wildman–Crippen LogP) is 4.59. The van der Waals surface area contributed by atoms with Gasteiger partial charge in [-0.1, -0.05) is 23.7 Å². The average Bonchev–Trinajstić information content (AvgIpc) is 3.60. The molecule has 0 radical (unpaired) electrons. The zero-order chi connectivity index (χ0) is 30.4. The molecular formula is C28H34F2N5O5PS. The highest BCUT2D eigenvalue weighted by Crippen LogP contribution is 2.61. The molecule has 1 fully saturated rings. The summed E-state index contributed by atoms with van der Waals surface area (Å²) < 4.78 is 41.2. The Bertz CT molecular complexity index is 1620. The number of nitrogens with zero attached hydrogens (tertiary/aromatic N) is 5. The first kappa shape index (κ1) is 30.3. The number of aromatic hydroxyl groups is 1. The molecule has 1 N–H and O–H groups in total. The van der Waals surface area contributed by atoms with Crippen molar-refractivity contribution in [2.45, 2.75) is 57.8 Å². The van der Waals surface area contributed by atoms with E-state index < -0.39 is 41.7 Å². The number of amides is 1. The van der Waals surface area contributed by atoms with E-state index in [1.54, 1.807) is 4.90 Å². The Labute approximate surface area is 246 Å². The number of benzene rings is 1. The summed E-state index contributed by atoms with van der Waals surface area (Å²) in [5.74, 6) is -2.53. The summed E-state index contributed by atoms with van der Waals surface area (Å²) in [6, 6.07) is 3.29. The van der Waals surface area contributed by atoms with E-state index in [0.717, 1.165) is 29.9 Å². The minimum atomic E-state index is -2.47. The van der Waals surface area contributed by atoms with Crippen molar-refractivity contribution < 1.29 is 27.7 Å². The molecule has 3 aromatic rings. The van der Waals surface area contributed by atoms with Gasteiger partial charge in [-0.2, -0.15) is 0 Å². The fourth-order valence-corrected chi connectivity index (χ4v) is 9.44. The molecule has 0 bridgehead atoms. The van der Waals surface area contributed by atoms with Gasteiger partial charge in [-0.3, -0.25) is 19.3 Å². The molecule has 5 rings (SSSR count). The Balaban J connectivity index is 1.54. The number of hydrogen-bond donors (Lipinski definition) is 1. The van der Waals surface area contributed by atoms with Crippen molar-refractivity contribution in [1.82, 2.24) is 19.8 Å². The Morgan fingerprint density at radius 2 is 1.90 bits per heavy atom. The molecule has 2 aromatic heterocycles. The lowest BCUT2D eigenvalue weighted by Crippen LogP contribution is -2.68. The third-order valence-corrected chi connectivity index (χ3v) is 12.0. The molecule has 2 atom stereocenters. The van der Waals surface area contributed by atoms with Gasteiger partial charge in [-0.15, -0.1) is 10.2 Å². The molecule has 3 heterocycles. The van der Waals surface area contributed by atoms with Gasteiger partial charge in [0, 0.05) is 44.4 Å². The highest BCUT2D eigenvalue weighted by Gasteiger charge is 2.55. The summed E-state index contributed by atoms with van der Waals surface area (Å²) in [6.07, 6.45) is 7.78. The second kappa shape index (κ2) is 11.5. The number of pyridine rings is 1. The van der Waals surface area contributed by atoms with Crippen molar-refractivity contribution in [3.63, 3.8) is 0 Å². The van der Waals surface area contributed by atoms with Crippen LogP contribution in [0.3, 0.4) is 0 Å². The number of carbonyl (C=O) groups excluding carboxylic acids is 1. The van der Waals surface area contributed by atoms with Gasteiger partial charge in [-0.05, 0) is 45.2 Å². The van der Waals surface area contributed by atoms with Crippen LogP contribution in [0.2, 0.25) is 0 Å². The van der Waals surface area contributed by atoms with Gasteiger partial charge >= 0.3 is 0 Å². The van der Waals surface area contributed by atoms with Gasteiger partial charge in [0.25, 0.3) is 5.91 Å². The van der Waals surface area contributed by atoms with E-state index in [-0.39, 0.29) is 33.9 Å². The van der Waals surface area contributed by atoms with Crippen molar-refractivity contribution in [2.75, 3.05) is 31.8 Å². The lowest BCUT2D eigenvalue weighted by molar-refractivity contribution is 0.0320. The SMILES string of the molecule is C=P(OCC)(OCC)C1CCC2(C1)N(CC)C(=O)c1c(O)c(=O)c(-c3nnc(Cc4ccc(F)cc4F)s3)cn1N2C. The molecule has 1 saturated carbocycles. The van der Waals surface area contributed by atoms with E-state index in [9.17, 15) is 23.5 Å².